The predicted octanol–water partition coefficient (Wildman–Crippen LogP) is 2.76. The number of rotatable bonds is 5. The number of nitrogens with one attached hydrogen (secondary N) is 1. The highest BCUT2D eigenvalue weighted by molar-refractivity contribution is 6.07. The first kappa shape index (κ1) is 12.9. The third-order valence-electron chi connectivity index (χ3n) is 3.91. The maximum atomic E-state index is 7.83. The minimum Gasteiger partial charge on any atom is -0.384 e. The van der Waals surface area contributed by atoms with Crippen LogP contribution in [0.3, 0.4) is 0 Å². The van der Waals surface area contributed by atoms with Crippen molar-refractivity contribution in [3.8, 4) is 0 Å². The number of hydrogen-bond donors (Lipinski definition) is 2. The number of nitrogens with two attached hydrogens (primary N) is 1. The van der Waals surface area contributed by atoms with Crippen molar-refractivity contribution < 1.29 is 0 Å². The van der Waals surface area contributed by atoms with Crippen molar-refractivity contribution >= 4 is 22.4 Å². The number of pyridine rings is 1. The lowest BCUT2D eigenvalue weighted by molar-refractivity contribution is 0.743. The van der Waals surface area contributed by atoms with E-state index in [0.717, 1.165) is 41.2 Å². The van der Waals surface area contributed by atoms with Crippen molar-refractivity contribution in [2.24, 2.45) is 11.7 Å². The SMILES string of the molecule is CCN(CC1CC1)c1c(C(=N)N)cnc2ccccc12. The molecule has 1 heterocycles. The van der Waals surface area contributed by atoms with Gasteiger partial charge in [0.2, 0.25) is 0 Å². The fraction of sp³-hybridized carbons (Fsp3) is 0.375. The van der Waals surface area contributed by atoms with E-state index in [9.17, 15) is 0 Å². The van der Waals surface area contributed by atoms with Crippen LogP contribution in [0.15, 0.2) is 30.5 Å². The van der Waals surface area contributed by atoms with E-state index in [-0.39, 0.29) is 5.84 Å². The smallest absolute Gasteiger partial charge is 0.126 e. The van der Waals surface area contributed by atoms with Crippen LogP contribution >= 0.6 is 0 Å². The number of hydrogen-bond acceptors (Lipinski definition) is 3. The molecule has 0 unspecified atom stereocenters. The summed E-state index contributed by atoms with van der Waals surface area (Å²) in [4.78, 5) is 6.77. The molecular formula is C16H20N4. The largest absolute Gasteiger partial charge is 0.384 e. The molecule has 0 radical (unpaired) electrons. The molecular weight excluding hydrogens is 248 g/mol. The average molecular weight is 268 g/mol. The first-order valence-electron chi connectivity index (χ1n) is 7.17. The van der Waals surface area contributed by atoms with Gasteiger partial charge in [0.15, 0.2) is 0 Å². The molecule has 0 amide bonds. The van der Waals surface area contributed by atoms with Gasteiger partial charge >= 0.3 is 0 Å². The van der Waals surface area contributed by atoms with Crippen LogP contribution in [0.5, 0.6) is 0 Å². The second-order valence-corrected chi connectivity index (χ2v) is 5.43. The van der Waals surface area contributed by atoms with Crippen LogP contribution in [0.1, 0.15) is 25.3 Å². The molecule has 20 heavy (non-hydrogen) atoms. The number of benzene rings is 1. The summed E-state index contributed by atoms with van der Waals surface area (Å²) in [5.41, 5.74) is 8.53. The zero-order valence-corrected chi connectivity index (χ0v) is 11.8. The summed E-state index contributed by atoms with van der Waals surface area (Å²) in [5.74, 6) is 0.884. The second-order valence-electron chi connectivity index (χ2n) is 5.43. The molecule has 0 saturated heterocycles. The van der Waals surface area contributed by atoms with Gasteiger partial charge in [0.1, 0.15) is 5.84 Å². The van der Waals surface area contributed by atoms with Gasteiger partial charge < -0.3 is 10.6 Å². The quantitative estimate of drug-likeness (QED) is 0.647. The van der Waals surface area contributed by atoms with Gasteiger partial charge in [-0.1, -0.05) is 18.2 Å². The van der Waals surface area contributed by atoms with Gasteiger partial charge in [-0.25, -0.2) is 0 Å². The van der Waals surface area contributed by atoms with E-state index in [0.29, 0.717) is 0 Å². The molecule has 0 aliphatic heterocycles. The normalized spacial score (nSPS) is 14.4. The van der Waals surface area contributed by atoms with Crippen LogP contribution in [0, 0.1) is 11.3 Å². The minimum atomic E-state index is 0.0903. The number of anilines is 1. The Kier molecular flexibility index (Phi) is 3.30. The molecule has 104 valence electrons. The van der Waals surface area contributed by atoms with Crippen molar-refractivity contribution in [1.29, 1.82) is 5.41 Å². The van der Waals surface area contributed by atoms with Crippen LogP contribution in [-0.2, 0) is 0 Å². The van der Waals surface area contributed by atoms with Gasteiger partial charge in [0, 0.05) is 24.7 Å². The Morgan fingerprint density at radius 1 is 1.40 bits per heavy atom. The van der Waals surface area contributed by atoms with Crippen molar-refractivity contribution in [2.75, 3.05) is 18.0 Å². The maximum Gasteiger partial charge on any atom is 0.126 e. The van der Waals surface area contributed by atoms with Gasteiger partial charge in [0.25, 0.3) is 0 Å². The highest BCUT2D eigenvalue weighted by Crippen LogP contribution is 2.35. The number of para-hydroxylation sites is 1. The van der Waals surface area contributed by atoms with Crippen LogP contribution in [-0.4, -0.2) is 23.9 Å². The Balaban J connectivity index is 2.17. The molecule has 0 atom stereocenters. The van der Waals surface area contributed by atoms with Crippen LogP contribution in [0.25, 0.3) is 10.9 Å². The standard InChI is InChI=1S/C16H20N4/c1-2-20(10-11-7-8-11)15-12-5-3-4-6-14(12)19-9-13(15)16(17)18/h3-6,9,11H,2,7-8,10H2,1H3,(H3,17,18). The van der Waals surface area contributed by atoms with Crippen molar-refractivity contribution in [1.82, 2.24) is 4.98 Å². The zero-order valence-electron chi connectivity index (χ0n) is 11.8. The summed E-state index contributed by atoms with van der Waals surface area (Å²) >= 11 is 0. The Morgan fingerprint density at radius 2 is 2.15 bits per heavy atom. The molecule has 3 N–H and O–H groups in total. The van der Waals surface area contributed by atoms with Crippen LogP contribution < -0.4 is 10.6 Å². The first-order chi connectivity index (χ1) is 9.70. The lowest BCUT2D eigenvalue weighted by atomic mass is 10.1. The number of nitrogen functional groups attached to an aromatic ring is 1. The molecule has 3 rings (SSSR count). The average Bonchev–Trinajstić information content (AvgIpc) is 3.27. The van der Waals surface area contributed by atoms with E-state index in [1.165, 1.54) is 12.8 Å². The van der Waals surface area contributed by atoms with Crippen molar-refractivity contribution in [3.05, 3.63) is 36.0 Å². The molecule has 1 aromatic carbocycles. The molecule has 4 heteroatoms. The summed E-state index contributed by atoms with van der Waals surface area (Å²) in [7, 11) is 0. The molecule has 2 aromatic rings. The Hall–Kier alpha value is -2.10. The molecule has 1 saturated carbocycles. The Labute approximate surface area is 119 Å². The third kappa shape index (κ3) is 2.33. The molecule has 1 fully saturated rings. The lowest BCUT2D eigenvalue weighted by Crippen LogP contribution is -2.28. The Bertz CT molecular complexity index is 646. The number of aromatic nitrogens is 1. The van der Waals surface area contributed by atoms with Gasteiger partial charge in [-0.2, -0.15) is 0 Å². The van der Waals surface area contributed by atoms with Gasteiger partial charge in [-0.3, -0.25) is 10.4 Å². The van der Waals surface area contributed by atoms with Crippen LogP contribution in [0.2, 0.25) is 0 Å². The first-order valence-corrected chi connectivity index (χ1v) is 7.17. The van der Waals surface area contributed by atoms with Gasteiger partial charge in [0.05, 0.1) is 16.8 Å². The van der Waals surface area contributed by atoms with E-state index in [1.807, 2.05) is 18.2 Å². The molecule has 4 nitrogen and oxygen atoms in total. The monoisotopic (exact) mass is 268 g/mol. The van der Waals surface area contributed by atoms with Crippen molar-refractivity contribution in [3.63, 3.8) is 0 Å². The third-order valence-corrected chi connectivity index (χ3v) is 3.91. The maximum absolute atomic E-state index is 7.83. The molecule has 1 aliphatic rings. The van der Waals surface area contributed by atoms with E-state index >= 15 is 0 Å². The highest BCUT2D eigenvalue weighted by atomic mass is 15.1. The summed E-state index contributed by atoms with van der Waals surface area (Å²) in [6.07, 6.45) is 4.36. The lowest BCUT2D eigenvalue weighted by Gasteiger charge is -2.26. The van der Waals surface area contributed by atoms with Gasteiger partial charge in [-0.15, -0.1) is 0 Å². The minimum absolute atomic E-state index is 0.0903. The summed E-state index contributed by atoms with van der Waals surface area (Å²) in [6.45, 7) is 4.12. The highest BCUT2D eigenvalue weighted by Gasteiger charge is 2.26. The topological polar surface area (TPSA) is 66.0 Å². The molecule has 0 spiro atoms. The predicted molar refractivity (Wildman–Crippen MR) is 83.4 cm³/mol. The molecule has 1 aromatic heterocycles. The van der Waals surface area contributed by atoms with E-state index < -0.39 is 0 Å². The van der Waals surface area contributed by atoms with Gasteiger partial charge in [-0.05, 0) is 31.7 Å². The van der Waals surface area contributed by atoms with Crippen molar-refractivity contribution in [2.45, 2.75) is 19.8 Å². The summed E-state index contributed by atoms with van der Waals surface area (Å²) < 4.78 is 0. The van der Waals surface area contributed by atoms with E-state index in [1.54, 1.807) is 6.20 Å². The Morgan fingerprint density at radius 3 is 2.80 bits per heavy atom. The fourth-order valence-electron chi connectivity index (χ4n) is 2.66. The number of nitrogens with zero attached hydrogens (tertiary/aromatic N) is 2. The molecule has 0 bridgehead atoms. The number of amidine groups is 1. The molecule has 1 aliphatic carbocycles. The zero-order chi connectivity index (χ0) is 14.1. The second kappa shape index (κ2) is 5.12. The van der Waals surface area contributed by atoms with Crippen LogP contribution in [0.4, 0.5) is 5.69 Å². The number of fused-ring (bicyclic) bond motifs is 1. The fourth-order valence-corrected chi connectivity index (χ4v) is 2.66. The van der Waals surface area contributed by atoms with E-state index in [2.05, 4.69) is 22.9 Å². The van der Waals surface area contributed by atoms with E-state index in [4.69, 9.17) is 11.1 Å². The summed E-state index contributed by atoms with van der Waals surface area (Å²) in [6, 6.07) is 8.08. The summed E-state index contributed by atoms with van der Waals surface area (Å²) in [5, 5.41) is 8.91.